The van der Waals surface area contributed by atoms with Gasteiger partial charge in [0.25, 0.3) is 0 Å². The molecule has 1 amide bonds. The summed E-state index contributed by atoms with van der Waals surface area (Å²) in [6.07, 6.45) is 2.05. The molecule has 7 heteroatoms. The van der Waals surface area contributed by atoms with Crippen LogP contribution < -0.4 is 11.1 Å². The standard InChI is InChI=1S/C13H16ClN5O/c1-9(15)12-8-19(18-17-12)6-5-13(20)16-11-4-2-3-10(14)7-11/h2-4,7-9H,5-6,15H2,1H3,(H,16,20). The molecule has 1 atom stereocenters. The largest absolute Gasteiger partial charge is 0.326 e. The number of anilines is 1. The van der Waals surface area contributed by atoms with Crippen molar-refractivity contribution in [3.05, 3.63) is 41.2 Å². The van der Waals surface area contributed by atoms with E-state index in [9.17, 15) is 4.79 Å². The molecule has 2 rings (SSSR count). The molecule has 1 aromatic carbocycles. The lowest BCUT2D eigenvalue weighted by Gasteiger charge is -2.05. The van der Waals surface area contributed by atoms with Crippen LogP contribution in [0, 0.1) is 0 Å². The smallest absolute Gasteiger partial charge is 0.226 e. The number of nitrogens with zero attached hydrogens (tertiary/aromatic N) is 3. The lowest BCUT2D eigenvalue weighted by atomic mass is 10.3. The number of hydrogen-bond acceptors (Lipinski definition) is 4. The molecule has 2 aromatic rings. The van der Waals surface area contributed by atoms with Crippen LogP contribution >= 0.6 is 11.6 Å². The van der Waals surface area contributed by atoms with Crippen LogP contribution in [0.1, 0.15) is 25.1 Å². The predicted molar refractivity (Wildman–Crippen MR) is 77.3 cm³/mol. The molecular formula is C13H16ClN5O. The van der Waals surface area contributed by atoms with Gasteiger partial charge in [-0.15, -0.1) is 5.10 Å². The van der Waals surface area contributed by atoms with E-state index in [1.165, 1.54) is 0 Å². The predicted octanol–water partition coefficient (Wildman–Crippen LogP) is 1.98. The van der Waals surface area contributed by atoms with E-state index in [2.05, 4.69) is 15.6 Å². The Morgan fingerprint density at radius 3 is 3.00 bits per heavy atom. The fourth-order valence-electron chi connectivity index (χ4n) is 1.64. The quantitative estimate of drug-likeness (QED) is 0.882. The maximum atomic E-state index is 11.8. The van der Waals surface area contributed by atoms with Crippen molar-refractivity contribution in [2.24, 2.45) is 5.73 Å². The van der Waals surface area contributed by atoms with Gasteiger partial charge in [-0.2, -0.15) is 0 Å². The van der Waals surface area contributed by atoms with Crippen molar-refractivity contribution in [1.29, 1.82) is 0 Å². The number of aromatic nitrogens is 3. The second-order valence-corrected chi connectivity index (χ2v) is 4.94. The average molecular weight is 294 g/mol. The molecular weight excluding hydrogens is 278 g/mol. The third-order valence-corrected chi connectivity index (χ3v) is 2.93. The summed E-state index contributed by atoms with van der Waals surface area (Å²) in [5.41, 5.74) is 7.08. The fraction of sp³-hybridized carbons (Fsp3) is 0.308. The summed E-state index contributed by atoms with van der Waals surface area (Å²) in [5.74, 6) is -0.106. The molecule has 3 N–H and O–H groups in total. The van der Waals surface area contributed by atoms with Gasteiger partial charge in [-0.3, -0.25) is 9.48 Å². The molecule has 0 saturated carbocycles. The molecule has 0 aliphatic rings. The van der Waals surface area contributed by atoms with Gasteiger partial charge < -0.3 is 11.1 Å². The summed E-state index contributed by atoms with van der Waals surface area (Å²) in [7, 11) is 0. The molecule has 0 saturated heterocycles. The van der Waals surface area contributed by atoms with E-state index >= 15 is 0 Å². The first-order valence-corrected chi connectivity index (χ1v) is 6.63. The molecule has 1 heterocycles. The van der Waals surface area contributed by atoms with E-state index in [4.69, 9.17) is 17.3 Å². The number of aryl methyl sites for hydroxylation is 1. The molecule has 0 aliphatic carbocycles. The number of halogens is 1. The Hall–Kier alpha value is -1.92. The molecule has 0 spiro atoms. The third kappa shape index (κ3) is 4.04. The molecule has 1 unspecified atom stereocenters. The number of hydrogen-bond donors (Lipinski definition) is 2. The highest BCUT2D eigenvalue weighted by Crippen LogP contribution is 2.15. The van der Waals surface area contributed by atoms with Gasteiger partial charge in [0.2, 0.25) is 5.91 Å². The summed E-state index contributed by atoms with van der Waals surface area (Å²) >= 11 is 5.85. The van der Waals surface area contributed by atoms with Crippen LogP contribution in [0.3, 0.4) is 0 Å². The maximum absolute atomic E-state index is 11.8. The first kappa shape index (κ1) is 14.5. The van der Waals surface area contributed by atoms with Gasteiger partial charge in [0.15, 0.2) is 0 Å². The normalized spacial score (nSPS) is 12.2. The summed E-state index contributed by atoms with van der Waals surface area (Å²) < 4.78 is 1.61. The first-order chi connectivity index (χ1) is 9.54. The molecule has 0 fully saturated rings. The third-order valence-electron chi connectivity index (χ3n) is 2.70. The Labute approximate surface area is 121 Å². The number of rotatable bonds is 5. The minimum absolute atomic E-state index is 0.106. The van der Waals surface area contributed by atoms with E-state index in [1.807, 2.05) is 6.92 Å². The lowest BCUT2D eigenvalue weighted by molar-refractivity contribution is -0.116. The van der Waals surface area contributed by atoms with E-state index in [0.29, 0.717) is 29.4 Å². The zero-order valence-electron chi connectivity index (χ0n) is 11.1. The number of carbonyl (C=O) groups is 1. The topological polar surface area (TPSA) is 85.8 Å². The van der Waals surface area contributed by atoms with Crippen LogP contribution in [0.2, 0.25) is 5.02 Å². The van der Waals surface area contributed by atoms with Crippen LogP contribution in [-0.2, 0) is 11.3 Å². The molecule has 0 aliphatic heterocycles. The summed E-state index contributed by atoms with van der Waals surface area (Å²) in [6.45, 7) is 2.28. The van der Waals surface area contributed by atoms with Crippen molar-refractivity contribution in [2.75, 3.05) is 5.32 Å². The van der Waals surface area contributed by atoms with Gasteiger partial charge in [0.1, 0.15) is 0 Å². The van der Waals surface area contributed by atoms with E-state index in [0.717, 1.165) is 0 Å². The molecule has 6 nitrogen and oxygen atoms in total. The Morgan fingerprint density at radius 2 is 2.35 bits per heavy atom. The van der Waals surface area contributed by atoms with Gasteiger partial charge in [0, 0.05) is 23.2 Å². The van der Waals surface area contributed by atoms with Gasteiger partial charge in [-0.1, -0.05) is 22.9 Å². The van der Waals surface area contributed by atoms with Gasteiger partial charge in [0.05, 0.1) is 18.4 Å². The van der Waals surface area contributed by atoms with Crippen molar-refractivity contribution < 1.29 is 4.79 Å². The zero-order chi connectivity index (χ0) is 14.5. The summed E-state index contributed by atoms with van der Waals surface area (Å²) in [4.78, 5) is 11.8. The van der Waals surface area contributed by atoms with E-state index in [1.54, 1.807) is 35.1 Å². The van der Waals surface area contributed by atoms with Crippen LogP contribution in [0.25, 0.3) is 0 Å². The number of nitrogens with two attached hydrogens (primary N) is 1. The van der Waals surface area contributed by atoms with Crippen LogP contribution in [0.15, 0.2) is 30.5 Å². The van der Waals surface area contributed by atoms with Gasteiger partial charge >= 0.3 is 0 Å². The van der Waals surface area contributed by atoms with Crippen molar-refractivity contribution >= 4 is 23.2 Å². The second-order valence-electron chi connectivity index (χ2n) is 4.50. The maximum Gasteiger partial charge on any atom is 0.226 e. The molecule has 20 heavy (non-hydrogen) atoms. The SMILES string of the molecule is CC(N)c1cn(CCC(=O)Nc2cccc(Cl)c2)nn1. The second kappa shape index (κ2) is 6.49. The molecule has 106 valence electrons. The Balaban J connectivity index is 1.85. The van der Waals surface area contributed by atoms with Crippen molar-refractivity contribution in [3.63, 3.8) is 0 Å². The number of carbonyl (C=O) groups excluding carboxylic acids is 1. The highest BCUT2D eigenvalue weighted by Gasteiger charge is 2.07. The minimum atomic E-state index is -0.163. The Morgan fingerprint density at radius 1 is 1.55 bits per heavy atom. The molecule has 0 bridgehead atoms. The fourth-order valence-corrected chi connectivity index (χ4v) is 1.83. The summed E-state index contributed by atoms with van der Waals surface area (Å²) in [5, 5.41) is 11.2. The highest BCUT2D eigenvalue weighted by atomic mass is 35.5. The van der Waals surface area contributed by atoms with Crippen LogP contribution in [-0.4, -0.2) is 20.9 Å². The summed E-state index contributed by atoms with van der Waals surface area (Å²) in [6, 6.07) is 6.85. The van der Waals surface area contributed by atoms with E-state index in [-0.39, 0.29) is 11.9 Å². The monoisotopic (exact) mass is 293 g/mol. The average Bonchev–Trinajstić information content (AvgIpc) is 2.85. The van der Waals surface area contributed by atoms with Crippen molar-refractivity contribution in [1.82, 2.24) is 15.0 Å². The van der Waals surface area contributed by atoms with Crippen molar-refractivity contribution in [3.8, 4) is 0 Å². The number of amides is 1. The van der Waals surface area contributed by atoms with Crippen LogP contribution in [0.4, 0.5) is 5.69 Å². The number of nitrogens with one attached hydrogen (secondary N) is 1. The lowest BCUT2D eigenvalue weighted by Crippen LogP contribution is -2.14. The molecule has 1 aromatic heterocycles. The minimum Gasteiger partial charge on any atom is -0.326 e. The van der Waals surface area contributed by atoms with Crippen molar-refractivity contribution in [2.45, 2.75) is 25.9 Å². The van der Waals surface area contributed by atoms with Gasteiger partial charge in [-0.05, 0) is 25.1 Å². The van der Waals surface area contributed by atoms with E-state index < -0.39 is 0 Å². The molecule has 0 radical (unpaired) electrons. The van der Waals surface area contributed by atoms with Gasteiger partial charge in [-0.25, -0.2) is 0 Å². The zero-order valence-corrected chi connectivity index (χ0v) is 11.8. The number of benzene rings is 1. The Bertz CT molecular complexity index is 596. The Kier molecular flexibility index (Phi) is 4.70. The highest BCUT2D eigenvalue weighted by molar-refractivity contribution is 6.30. The van der Waals surface area contributed by atoms with Crippen LogP contribution in [0.5, 0.6) is 0 Å². The first-order valence-electron chi connectivity index (χ1n) is 6.25.